The van der Waals surface area contributed by atoms with E-state index in [-0.39, 0.29) is 25.6 Å². The number of aromatic nitrogens is 1. The Hall–Kier alpha value is -4.36. The molecule has 0 spiro atoms. The number of alkyl halides is 3. The first kappa shape index (κ1) is 33.0. The number of aryl methyl sites for hydroxylation is 2. The van der Waals surface area contributed by atoms with Crippen LogP contribution < -0.4 is 9.04 Å². The fraction of sp³-hybridized carbons (Fsp3) is 0.333. The van der Waals surface area contributed by atoms with Crippen molar-refractivity contribution >= 4 is 21.9 Å². The lowest BCUT2D eigenvalue weighted by Gasteiger charge is -2.34. The van der Waals surface area contributed by atoms with E-state index in [2.05, 4.69) is 4.98 Å². The molecular weight excluding hydrogens is 623 g/mol. The summed E-state index contributed by atoms with van der Waals surface area (Å²) in [6.45, 7) is 3.47. The maximum atomic E-state index is 14.0. The number of hydrogen-bond acceptors (Lipinski definition) is 7. The Balaban J connectivity index is 1.27. The predicted molar refractivity (Wildman–Crippen MR) is 165 cm³/mol. The number of anilines is 1. The van der Waals surface area contributed by atoms with Crippen LogP contribution >= 0.6 is 0 Å². The molecule has 3 aromatic carbocycles. The third kappa shape index (κ3) is 7.71. The number of oxazole rings is 1. The van der Waals surface area contributed by atoms with Crippen molar-refractivity contribution in [2.24, 2.45) is 0 Å². The zero-order chi connectivity index (χ0) is 32.9. The third-order valence-corrected chi connectivity index (χ3v) is 9.35. The lowest BCUT2D eigenvalue weighted by molar-refractivity contribution is -0.143. The Morgan fingerprint density at radius 3 is 2.57 bits per heavy atom. The van der Waals surface area contributed by atoms with Gasteiger partial charge in [-0.15, -0.1) is 0 Å². The van der Waals surface area contributed by atoms with E-state index in [0.29, 0.717) is 53.4 Å². The van der Waals surface area contributed by atoms with Gasteiger partial charge in [0.25, 0.3) is 0 Å². The molecule has 244 valence electrons. The topological polar surface area (TPSA) is 102 Å². The molecule has 0 saturated carbocycles. The van der Waals surface area contributed by atoms with Crippen molar-refractivity contribution in [2.75, 3.05) is 30.6 Å². The van der Waals surface area contributed by atoms with E-state index in [1.54, 1.807) is 50.2 Å². The summed E-state index contributed by atoms with van der Waals surface area (Å²) in [5.41, 5.74) is 2.40. The Kier molecular flexibility index (Phi) is 10.0. The molecule has 0 amide bonds. The van der Waals surface area contributed by atoms with Gasteiger partial charge < -0.3 is 13.9 Å². The molecule has 4 aromatic rings. The number of benzene rings is 3. The number of carbonyl (C=O) groups is 1. The average molecular weight is 658 g/mol. The molecule has 0 unspecified atom stereocenters. The minimum Gasteiger partial charge on any atom is -0.493 e. The molecule has 5 rings (SSSR count). The van der Waals surface area contributed by atoms with Crippen LogP contribution in [0.3, 0.4) is 0 Å². The first-order chi connectivity index (χ1) is 22.0. The number of halogens is 3. The van der Waals surface area contributed by atoms with Crippen LogP contribution in [0.4, 0.5) is 18.9 Å². The van der Waals surface area contributed by atoms with Gasteiger partial charge in [0, 0.05) is 25.1 Å². The molecule has 0 bridgehead atoms. The van der Waals surface area contributed by atoms with Gasteiger partial charge in [-0.05, 0) is 80.3 Å². The number of nitrogens with zero attached hydrogens (tertiary/aromatic N) is 3. The van der Waals surface area contributed by atoms with Crippen molar-refractivity contribution in [1.29, 1.82) is 0 Å². The Labute approximate surface area is 265 Å². The number of hydrogen-bond donors (Lipinski definition) is 0. The zero-order valence-corrected chi connectivity index (χ0v) is 26.2. The van der Waals surface area contributed by atoms with E-state index in [1.807, 2.05) is 12.1 Å². The van der Waals surface area contributed by atoms with E-state index in [9.17, 15) is 26.4 Å². The van der Waals surface area contributed by atoms with Crippen LogP contribution in [0.1, 0.15) is 41.5 Å². The largest absolute Gasteiger partial charge is 0.493 e. The molecule has 9 nitrogen and oxygen atoms in total. The average Bonchev–Trinajstić information content (AvgIpc) is 3.40. The van der Waals surface area contributed by atoms with Gasteiger partial charge in [0.2, 0.25) is 5.89 Å². The van der Waals surface area contributed by atoms with Gasteiger partial charge in [0.1, 0.15) is 18.1 Å². The van der Waals surface area contributed by atoms with Gasteiger partial charge in [0.15, 0.2) is 0 Å². The smallest absolute Gasteiger partial charge is 0.416 e. The summed E-state index contributed by atoms with van der Waals surface area (Å²) >= 11 is 0. The van der Waals surface area contributed by atoms with E-state index in [0.717, 1.165) is 28.4 Å². The molecular formula is C33H34F3N3O6S. The number of para-hydroxylation sites is 1. The summed E-state index contributed by atoms with van der Waals surface area (Å²) < 4.78 is 85.8. The number of carbonyl (C=O) groups excluding carboxylic acids is 1. The highest BCUT2D eigenvalue weighted by Crippen LogP contribution is 2.32. The number of ether oxygens (including phenoxy) is 2. The van der Waals surface area contributed by atoms with Crippen LogP contribution in [-0.2, 0) is 45.3 Å². The Bertz CT molecular complexity index is 1770. The summed E-state index contributed by atoms with van der Waals surface area (Å²) in [4.78, 5) is 16.9. The minimum absolute atomic E-state index is 0.0874. The summed E-state index contributed by atoms with van der Waals surface area (Å²) in [5, 5.41) is 0. The van der Waals surface area contributed by atoms with E-state index < -0.39 is 34.5 Å². The van der Waals surface area contributed by atoms with Gasteiger partial charge >= 0.3 is 22.4 Å². The molecule has 0 N–H and O–H groups in total. The van der Waals surface area contributed by atoms with Crippen molar-refractivity contribution in [3.05, 3.63) is 101 Å². The highest BCUT2D eigenvalue weighted by atomic mass is 32.2. The number of rotatable bonds is 12. The first-order valence-electron chi connectivity index (χ1n) is 14.8. The second-order valence-corrected chi connectivity index (χ2v) is 12.6. The summed E-state index contributed by atoms with van der Waals surface area (Å²) in [6, 6.07) is 18.9. The van der Waals surface area contributed by atoms with Crippen LogP contribution in [-0.4, -0.2) is 50.0 Å². The Morgan fingerprint density at radius 2 is 1.83 bits per heavy atom. The fourth-order valence-electron chi connectivity index (χ4n) is 5.24. The van der Waals surface area contributed by atoms with Crippen LogP contribution in [0, 0.1) is 6.92 Å². The molecule has 0 radical (unpaired) electrons. The number of esters is 1. The van der Waals surface area contributed by atoms with Gasteiger partial charge in [-0.3, -0.25) is 9.10 Å². The van der Waals surface area contributed by atoms with E-state index in [1.165, 1.54) is 16.4 Å². The summed E-state index contributed by atoms with van der Waals surface area (Å²) in [5.74, 6) is 0.564. The van der Waals surface area contributed by atoms with Crippen molar-refractivity contribution in [2.45, 2.75) is 45.8 Å². The maximum absolute atomic E-state index is 14.0. The van der Waals surface area contributed by atoms with Gasteiger partial charge in [0.05, 0.1) is 30.2 Å². The molecule has 2 heterocycles. The van der Waals surface area contributed by atoms with Crippen LogP contribution in [0.5, 0.6) is 5.75 Å². The highest BCUT2D eigenvalue weighted by molar-refractivity contribution is 7.90. The molecule has 0 saturated heterocycles. The van der Waals surface area contributed by atoms with Crippen molar-refractivity contribution < 1.29 is 40.3 Å². The molecule has 1 aliphatic rings. The van der Waals surface area contributed by atoms with Crippen LogP contribution in [0.15, 0.2) is 77.2 Å². The van der Waals surface area contributed by atoms with Gasteiger partial charge in [-0.25, -0.2) is 4.98 Å². The lowest BCUT2D eigenvalue weighted by atomic mass is 10.0. The predicted octanol–water partition coefficient (Wildman–Crippen LogP) is 6.35. The van der Waals surface area contributed by atoms with Gasteiger partial charge in [-0.2, -0.15) is 25.9 Å². The van der Waals surface area contributed by atoms with Crippen molar-refractivity contribution in [3.63, 3.8) is 0 Å². The normalized spacial score (nSPS) is 13.5. The van der Waals surface area contributed by atoms with Crippen molar-refractivity contribution in [3.8, 4) is 17.2 Å². The van der Waals surface area contributed by atoms with Crippen molar-refractivity contribution in [1.82, 2.24) is 9.29 Å². The fourth-order valence-corrected chi connectivity index (χ4v) is 6.88. The molecule has 1 aliphatic heterocycles. The minimum atomic E-state index is -4.43. The zero-order valence-electron chi connectivity index (χ0n) is 25.4. The second-order valence-electron chi connectivity index (χ2n) is 10.7. The van der Waals surface area contributed by atoms with E-state index >= 15 is 0 Å². The standard InChI is InChI=1S/C33H34F3N3O6S/c1-3-43-31(40)22-38(46(41,42)39-18-7-10-25-9-4-5-12-30(25)39)21-24-8-6-11-28(20-24)44-19-17-29-23(2)45-32(37-29)26-13-15-27(16-14-26)33(34,35)36/h4-6,8-9,11-16,20H,3,7,10,17-19,21-22H2,1-2H3. The second kappa shape index (κ2) is 14.0. The third-order valence-electron chi connectivity index (χ3n) is 7.50. The van der Waals surface area contributed by atoms with Crippen LogP contribution in [0.2, 0.25) is 0 Å². The van der Waals surface area contributed by atoms with E-state index in [4.69, 9.17) is 13.9 Å². The molecule has 13 heteroatoms. The molecule has 0 aliphatic carbocycles. The molecule has 0 atom stereocenters. The lowest BCUT2D eigenvalue weighted by Crippen LogP contribution is -2.47. The Morgan fingerprint density at radius 1 is 1.07 bits per heavy atom. The maximum Gasteiger partial charge on any atom is 0.416 e. The summed E-state index contributed by atoms with van der Waals surface area (Å²) in [6.07, 6.45) is -2.65. The quantitative estimate of drug-likeness (QED) is 0.164. The monoisotopic (exact) mass is 657 g/mol. The van der Waals surface area contributed by atoms with Crippen LogP contribution in [0.25, 0.3) is 11.5 Å². The SMILES string of the molecule is CCOC(=O)CN(Cc1cccc(OCCc2nc(-c3ccc(C(F)(F)F)cc3)oc2C)c1)S(=O)(=O)N1CCCc2ccccc21. The molecule has 1 aromatic heterocycles. The summed E-state index contributed by atoms with van der Waals surface area (Å²) in [7, 11) is -4.10. The first-order valence-corrected chi connectivity index (χ1v) is 16.2. The molecule has 46 heavy (non-hydrogen) atoms. The number of fused-ring (bicyclic) bond motifs is 1. The van der Waals surface area contributed by atoms with Gasteiger partial charge in [-0.1, -0.05) is 30.3 Å². The molecule has 0 fully saturated rings. The highest BCUT2D eigenvalue weighted by Gasteiger charge is 2.34.